The number of nitrogens with zero attached hydrogens (tertiary/aromatic N) is 4. The van der Waals surface area contributed by atoms with Crippen LogP contribution in [-0.2, 0) is 11.3 Å². The predicted octanol–water partition coefficient (Wildman–Crippen LogP) is 2.27. The number of aromatic nitrogens is 2. The lowest BCUT2D eigenvalue weighted by Gasteiger charge is -2.41. The van der Waals surface area contributed by atoms with Crippen molar-refractivity contribution >= 4 is 22.9 Å². The summed E-state index contributed by atoms with van der Waals surface area (Å²) in [5, 5.41) is 4.31. The van der Waals surface area contributed by atoms with Gasteiger partial charge in [0.15, 0.2) is 0 Å². The summed E-state index contributed by atoms with van der Waals surface area (Å²) < 4.78 is 0. The zero-order chi connectivity index (χ0) is 17.6. The van der Waals surface area contributed by atoms with Gasteiger partial charge in [-0.15, -0.1) is 0 Å². The van der Waals surface area contributed by atoms with Crippen LogP contribution in [0, 0.1) is 0 Å². The lowest BCUT2D eigenvalue weighted by atomic mass is 10.00. The van der Waals surface area contributed by atoms with Crippen LogP contribution in [0.4, 0.5) is 5.69 Å². The molecule has 2 aromatic rings. The molecule has 2 aromatic heterocycles. The molecule has 1 aliphatic rings. The topological polar surface area (TPSA) is 75.4 Å². The van der Waals surface area contributed by atoms with Gasteiger partial charge in [0, 0.05) is 38.1 Å². The van der Waals surface area contributed by atoms with E-state index in [0.29, 0.717) is 12.5 Å². The minimum absolute atomic E-state index is 0.212. The molecule has 25 heavy (non-hydrogen) atoms. The normalized spacial score (nSPS) is 17.3. The van der Waals surface area contributed by atoms with Gasteiger partial charge in [-0.1, -0.05) is 0 Å². The molecule has 1 atom stereocenters. The molecule has 6 nitrogen and oxygen atoms in total. The van der Waals surface area contributed by atoms with Crippen LogP contribution in [0.25, 0.3) is 0 Å². The van der Waals surface area contributed by atoms with Gasteiger partial charge in [-0.2, -0.15) is 11.3 Å². The van der Waals surface area contributed by atoms with E-state index >= 15 is 0 Å². The number of hydrogen-bond acceptors (Lipinski definition) is 6. The Kier molecular flexibility index (Phi) is 5.99. The maximum atomic E-state index is 11.2. The molecule has 0 saturated carbocycles. The third kappa shape index (κ3) is 4.76. The third-order valence-electron chi connectivity index (χ3n) is 4.87. The van der Waals surface area contributed by atoms with Crippen molar-refractivity contribution in [2.45, 2.75) is 44.8 Å². The molecular formula is C18H25N5OS. The van der Waals surface area contributed by atoms with E-state index < -0.39 is 0 Å². The maximum absolute atomic E-state index is 11.2. The highest BCUT2D eigenvalue weighted by molar-refractivity contribution is 7.07. The smallest absolute Gasteiger partial charge is 0.218 e. The minimum Gasteiger partial charge on any atom is -0.370 e. The first kappa shape index (κ1) is 17.8. The van der Waals surface area contributed by atoms with Gasteiger partial charge in [0.2, 0.25) is 5.91 Å². The van der Waals surface area contributed by atoms with Crippen LogP contribution in [0.1, 0.15) is 31.7 Å². The highest BCUT2D eigenvalue weighted by Crippen LogP contribution is 2.26. The van der Waals surface area contributed by atoms with Crippen molar-refractivity contribution < 1.29 is 4.79 Å². The van der Waals surface area contributed by atoms with E-state index in [9.17, 15) is 4.79 Å². The van der Waals surface area contributed by atoms with E-state index in [2.05, 4.69) is 43.5 Å². The molecule has 0 bridgehead atoms. The summed E-state index contributed by atoms with van der Waals surface area (Å²) >= 11 is 1.72. The summed E-state index contributed by atoms with van der Waals surface area (Å²) in [4.78, 5) is 24.3. The Hall–Kier alpha value is -1.99. The number of rotatable bonds is 7. The number of nitrogens with two attached hydrogens (primary N) is 1. The lowest BCUT2D eigenvalue weighted by molar-refractivity contribution is -0.119. The Morgan fingerprint density at radius 1 is 1.40 bits per heavy atom. The summed E-state index contributed by atoms with van der Waals surface area (Å²) in [5.74, 6) is -0.227. The van der Waals surface area contributed by atoms with Crippen molar-refractivity contribution in [3.8, 4) is 0 Å². The van der Waals surface area contributed by atoms with Gasteiger partial charge in [-0.05, 0) is 42.2 Å². The first-order chi connectivity index (χ1) is 12.1. The van der Waals surface area contributed by atoms with Crippen LogP contribution in [0.2, 0.25) is 0 Å². The maximum Gasteiger partial charge on any atom is 0.218 e. The first-order valence-corrected chi connectivity index (χ1v) is 9.63. The number of primary amides is 1. The molecule has 1 unspecified atom stereocenters. The lowest BCUT2D eigenvalue weighted by Crippen LogP contribution is -2.48. The molecule has 0 spiro atoms. The molecule has 1 saturated heterocycles. The average Bonchev–Trinajstić information content (AvgIpc) is 3.13. The van der Waals surface area contributed by atoms with E-state index in [0.717, 1.165) is 38.2 Å². The number of likely N-dealkylation sites (tertiary alicyclic amines) is 1. The molecule has 134 valence electrons. The van der Waals surface area contributed by atoms with E-state index in [1.165, 1.54) is 5.56 Å². The van der Waals surface area contributed by atoms with Gasteiger partial charge in [0.1, 0.15) is 6.33 Å². The number of hydrogen-bond donors (Lipinski definition) is 1. The predicted molar refractivity (Wildman–Crippen MR) is 100 cm³/mol. The SMILES string of the molecule is CC(CC(N)=O)N1CCC(N(Cc2ccsc2)c2cncnc2)CC1. The minimum atomic E-state index is -0.227. The van der Waals surface area contributed by atoms with Gasteiger partial charge < -0.3 is 10.6 Å². The standard InChI is InChI=1S/C18H25N5OS/c1-14(8-18(19)24)22-5-2-16(3-6-22)23(11-15-4-7-25-12-15)17-9-20-13-21-10-17/h4,7,9-10,12-14,16H,2-3,5-6,8,11H2,1H3,(H2,19,24). The Morgan fingerprint density at radius 2 is 2.12 bits per heavy atom. The zero-order valence-corrected chi connectivity index (χ0v) is 15.4. The summed E-state index contributed by atoms with van der Waals surface area (Å²) in [6.45, 7) is 4.91. The summed E-state index contributed by atoms with van der Waals surface area (Å²) in [7, 11) is 0. The van der Waals surface area contributed by atoms with Gasteiger partial charge in [-0.25, -0.2) is 9.97 Å². The summed E-state index contributed by atoms with van der Waals surface area (Å²) in [6.07, 6.45) is 7.89. The van der Waals surface area contributed by atoms with Gasteiger partial charge in [0.05, 0.1) is 18.1 Å². The monoisotopic (exact) mass is 359 g/mol. The van der Waals surface area contributed by atoms with Crippen molar-refractivity contribution in [3.05, 3.63) is 41.1 Å². The fourth-order valence-corrected chi connectivity index (χ4v) is 4.17. The third-order valence-corrected chi connectivity index (χ3v) is 5.60. The van der Waals surface area contributed by atoms with Crippen LogP contribution < -0.4 is 10.6 Å². The number of carbonyl (C=O) groups excluding carboxylic acids is 1. The second-order valence-corrected chi connectivity index (χ2v) is 7.42. The molecular weight excluding hydrogens is 334 g/mol. The van der Waals surface area contributed by atoms with Crippen LogP contribution in [0.5, 0.6) is 0 Å². The molecule has 7 heteroatoms. The molecule has 0 aromatic carbocycles. The van der Waals surface area contributed by atoms with Crippen LogP contribution in [0.3, 0.4) is 0 Å². The number of piperidine rings is 1. The van der Waals surface area contributed by atoms with Crippen LogP contribution >= 0.6 is 11.3 Å². The van der Waals surface area contributed by atoms with Crippen molar-refractivity contribution in [1.29, 1.82) is 0 Å². The van der Waals surface area contributed by atoms with E-state index in [4.69, 9.17) is 5.73 Å². The molecule has 0 radical (unpaired) electrons. The van der Waals surface area contributed by atoms with Gasteiger partial charge in [0.25, 0.3) is 0 Å². The number of carbonyl (C=O) groups is 1. The molecule has 0 aliphatic carbocycles. The van der Waals surface area contributed by atoms with Crippen molar-refractivity contribution in [2.75, 3.05) is 18.0 Å². The van der Waals surface area contributed by atoms with Gasteiger partial charge in [-0.3, -0.25) is 9.69 Å². The number of amides is 1. The Labute approximate surface area is 152 Å². The van der Waals surface area contributed by atoms with Crippen molar-refractivity contribution in [1.82, 2.24) is 14.9 Å². The Morgan fingerprint density at radius 3 is 2.72 bits per heavy atom. The van der Waals surface area contributed by atoms with E-state index in [-0.39, 0.29) is 11.9 Å². The van der Waals surface area contributed by atoms with Crippen LogP contribution in [0.15, 0.2) is 35.5 Å². The first-order valence-electron chi connectivity index (χ1n) is 8.68. The van der Waals surface area contributed by atoms with Crippen LogP contribution in [-0.4, -0.2) is 45.9 Å². The van der Waals surface area contributed by atoms with Gasteiger partial charge >= 0.3 is 0 Å². The molecule has 3 rings (SSSR count). The Bertz CT molecular complexity index is 655. The average molecular weight is 359 g/mol. The highest BCUT2D eigenvalue weighted by Gasteiger charge is 2.28. The largest absolute Gasteiger partial charge is 0.370 e. The van der Waals surface area contributed by atoms with Crippen molar-refractivity contribution in [2.24, 2.45) is 5.73 Å². The number of anilines is 1. The molecule has 1 amide bonds. The second kappa shape index (κ2) is 8.40. The highest BCUT2D eigenvalue weighted by atomic mass is 32.1. The second-order valence-electron chi connectivity index (χ2n) is 6.64. The van der Waals surface area contributed by atoms with E-state index in [1.54, 1.807) is 17.7 Å². The zero-order valence-electron chi connectivity index (χ0n) is 14.5. The quantitative estimate of drug-likeness (QED) is 0.821. The van der Waals surface area contributed by atoms with Crippen molar-refractivity contribution in [3.63, 3.8) is 0 Å². The fraction of sp³-hybridized carbons (Fsp3) is 0.500. The van der Waals surface area contributed by atoms with E-state index in [1.807, 2.05) is 12.4 Å². The molecule has 1 fully saturated rings. The molecule has 1 aliphatic heterocycles. The molecule has 2 N–H and O–H groups in total. The number of thiophene rings is 1. The fourth-order valence-electron chi connectivity index (χ4n) is 3.51. The molecule has 3 heterocycles. The summed E-state index contributed by atoms with van der Waals surface area (Å²) in [6, 6.07) is 2.83. The summed E-state index contributed by atoms with van der Waals surface area (Å²) in [5.41, 5.74) is 7.73. The Balaban J connectivity index is 1.67.